The van der Waals surface area contributed by atoms with Gasteiger partial charge in [0.15, 0.2) is 5.16 Å². The van der Waals surface area contributed by atoms with Crippen molar-refractivity contribution in [2.24, 2.45) is 0 Å². The number of H-pyrrole nitrogens is 1. The first-order chi connectivity index (χ1) is 9.61. The zero-order chi connectivity index (χ0) is 14.1. The van der Waals surface area contributed by atoms with Crippen molar-refractivity contribution in [2.45, 2.75) is 17.1 Å². The SMILES string of the molecule is Cc1cc(=O)[nH]c(Sc2nc(N)nc3ccccc23)n1. The molecule has 0 saturated heterocycles. The molecule has 0 aliphatic carbocycles. The number of benzene rings is 1. The van der Waals surface area contributed by atoms with Crippen molar-refractivity contribution in [3.8, 4) is 0 Å². The van der Waals surface area contributed by atoms with E-state index in [4.69, 9.17) is 5.73 Å². The molecule has 3 aromatic rings. The summed E-state index contributed by atoms with van der Waals surface area (Å²) < 4.78 is 0. The quantitative estimate of drug-likeness (QED) is 0.550. The summed E-state index contributed by atoms with van der Waals surface area (Å²) in [5, 5.41) is 2.02. The number of nitrogens with two attached hydrogens (primary N) is 1. The van der Waals surface area contributed by atoms with Crippen molar-refractivity contribution in [1.82, 2.24) is 19.9 Å². The molecule has 3 N–H and O–H groups in total. The van der Waals surface area contributed by atoms with Crippen LogP contribution in [0.15, 0.2) is 45.3 Å². The molecule has 7 heteroatoms. The summed E-state index contributed by atoms with van der Waals surface area (Å²) in [6, 6.07) is 9.00. The fourth-order valence-electron chi connectivity index (χ4n) is 1.83. The predicted molar refractivity (Wildman–Crippen MR) is 77.7 cm³/mol. The summed E-state index contributed by atoms with van der Waals surface area (Å²) in [6.07, 6.45) is 0. The van der Waals surface area contributed by atoms with Crippen LogP contribution in [0.5, 0.6) is 0 Å². The fourth-order valence-corrected chi connectivity index (χ4v) is 2.78. The van der Waals surface area contributed by atoms with Gasteiger partial charge in [0.2, 0.25) is 5.95 Å². The number of hydrogen-bond donors (Lipinski definition) is 2. The molecule has 2 aromatic heterocycles. The van der Waals surface area contributed by atoms with E-state index in [1.807, 2.05) is 24.3 Å². The third kappa shape index (κ3) is 2.48. The Morgan fingerprint density at radius 1 is 1.20 bits per heavy atom. The van der Waals surface area contributed by atoms with E-state index < -0.39 is 0 Å². The van der Waals surface area contributed by atoms with Crippen molar-refractivity contribution in [3.05, 3.63) is 46.4 Å². The third-order valence-electron chi connectivity index (χ3n) is 2.63. The highest BCUT2D eigenvalue weighted by Crippen LogP contribution is 2.29. The maximum atomic E-state index is 11.5. The van der Waals surface area contributed by atoms with Crippen molar-refractivity contribution in [2.75, 3.05) is 5.73 Å². The first-order valence-corrected chi connectivity index (χ1v) is 6.71. The summed E-state index contributed by atoms with van der Waals surface area (Å²) in [7, 11) is 0. The van der Waals surface area contributed by atoms with Crippen molar-refractivity contribution in [3.63, 3.8) is 0 Å². The van der Waals surface area contributed by atoms with Crippen LogP contribution in [-0.4, -0.2) is 19.9 Å². The fraction of sp³-hybridized carbons (Fsp3) is 0.0769. The summed E-state index contributed by atoms with van der Waals surface area (Å²) in [6.45, 7) is 1.77. The molecule has 0 fully saturated rings. The van der Waals surface area contributed by atoms with Crippen LogP contribution >= 0.6 is 11.8 Å². The Labute approximate surface area is 118 Å². The molecule has 0 saturated carbocycles. The number of para-hydroxylation sites is 1. The second-order valence-corrected chi connectivity index (χ2v) is 5.18. The third-order valence-corrected chi connectivity index (χ3v) is 3.52. The Morgan fingerprint density at radius 2 is 2.00 bits per heavy atom. The molecule has 0 amide bonds. The van der Waals surface area contributed by atoms with E-state index in [2.05, 4.69) is 19.9 Å². The molecule has 0 aliphatic heterocycles. The minimum absolute atomic E-state index is 0.189. The van der Waals surface area contributed by atoms with Gasteiger partial charge in [0.25, 0.3) is 5.56 Å². The van der Waals surface area contributed by atoms with Crippen molar-refractivity contribution in [1.29, 1.82) is 0 Å². The molecule has 1 aromatic carbocycles. The van der Waals surface area contributed by atoms with Gasteiger partial charge in [0.05, 0.1) is 5.52 Å². The van der Waals surface area contributed by atoms with Gasteiger partial charge in [-0.05, 0) is 24.8 Å². The number of nitrogen functional groups attached to an aromatic ring is 1. The van der Waals surface area contributed by atoms with Crippen LogP contribution in [0.4, 0.5) is 5.95 Å². The Morgan fingerprint density at radius 3 is 2.80 bits per heavy atom. The number of nitrogens with one attached hydrogen (secondary N) is 1. The minimum atomic E-state index is -0.189. The van der Waals surface area contributed by atoms with Gasteiger partial charge in [-0.15, -0.1) is 0 Å². The minimum Gasteiger partial charge on any atom is -0.368 e. The van der Waals surface area contributed by atoms with Crippen LogP contribution in [0.25, 0.3) is 10.9 Å². The number of rotatable bonds is 2. The highest BCUT2D eigenvalue weighted by molar-refractivity contribution is 7.99. The zero-order valence-corrected chi connectivity index (χ0v) is 11.4. The van der Waals surface area contributed by atoms with E-state index in [0.29, 0.717) is 15.9 Å². The summed E-state index contributed by atoms with van der Waals surface area (Å²) >= 11 is 1.26. The molecular weight excluding hydrogens is 274 g/mol. The molecular formula is C13H11N5OS. The van der Waals surface area contributed by atoms with E-state index in [-0.39, 0.29) is 11.5 Å². The maximum absolute atomic E-state index is 11.5. The Kier molecular flexibility index (Phi) is 3.11. The van der Waals surface area contributed by atoms with E-state index in [1.54, 1.807) is 6.92 Å². The number of aromatic amines is 1. The van der Waals surface area contributed by atoms with Gasteiger partial charge in [-0.25, -0.2) is 15.0 Å². The number of aryl methyl sites for hydroxylation is 1. The van der Waals surface area contributed by atoms with Crippen LogP contribution in [-0.2, 0) is 0 Å². The summed E-state index contributed by atoms with van der Waals surface area (Å²) in [4.78, 5) is 26.8. The topological polar surface area (TPSA) is 97.5 Å². The van der Waals surface area contributed by atoms with Gasteiger partial charge >= 0.3 is 0 Å². The molecule has 0 aliphatic rings. The first kappa shape index (κ1) is 12.6. The van der Waals surface area contributed by atoms with Gasteiger partial charge in [-0.3, -0.25) is 4.79 Å². The Bertz CT molecular complexity index is 846. The van der Waals surface area contributed by atoms with Gasteiger partial charge in [-0.2, -0.15) is 0 Å². The molecule has 0 bridgehead atoms. The molecule has 0 atom stereocenters. The lowest BCUT2D eigenvalue weighted by molar-refractivity contribution is 0.903. The molecule has 0 radical (unpaired) electrons. The van der Waals surface area contributed by atoms with Crippen LogP contribution in [0, 0.1) is 6.92 Å². The molecule has 0 unspecified atom stereocenters. The van der Waals surface area contributed by atoms with E-state index in [0.717, 1.165) is 10.9 Å². The Balaban J connectivity index is 2.12. The lowest BCUT2D eigenvalue weighted by Gasteiger charge is -2.05. The molecule has 3 rings (SSSR count). The van der Waals surface area contributed by atoms with E-state index in [1.165, 1.54) is 17.8 Å². The highest BCUT2D eigenvalue weighted by atomic mass is 32.2. The molecule has 100 valence electrons. The predicted octanol–water partition coefficient (Wildman–Crippen LogP) is 1.75. The van der Waals surface area contributed by atoms with E-state index >= 15 is 0 Å². The van der Waals surface area contributed by atoms with Gasteiger partial charge < -0.3 is 10.7 Å². The lowest BCUT2D eigenvalue weighted by Crippen LogP contribution is -2.08. The molecule has 0 spiro atoms. The smallest absolute Gasteiger partial charge is 0.251 e. The molecule has 20 heavy (non-hydrogen) atoms. The van der Waals surface area contributed by atoms with Crippen molar-refractivity contribution >= 4 is 28.6 Å². The second-order valence-electron chi connectivity index (χ2n) is 4.20. The lowest BCUT2D eigenvalue weighted by atomic mass is 10.2. The van der Waals surface area contributed by atoms with Crippen LogP contribution in [0.3, 0.4) is 0 Å². The zero-order valence-electron chi connectivity index (χ0n) is 10.6. The first-order valence-electron chi connectivity index (χ1n) is 5.90. The van der Waals surface area contributed by atoms with Gasteiger partial charge in [-0.1, -0.05) is 18.2 Å². The van der Waals surface area contributed by atoms with Gasteiger partial charge in [0, 0.05) is 17.1 Å². The second kappa shape index (κ2) is 4.93. The Hall–Kier alpha value is -2.41. The summed E-state index contributed by atoms with van der Waals surface area (Å²) in [5.41, 5.74) is 6.94. The average molecular weight is 285 g/mol. The molecule has 6 nitrogen and oxygen atoms in total. The maximum Gasteiger partial charge on any atom is 0.251 e. The van der Waals surface area contributed by atoms with E-state index in [9.17, 15) is 4.79 Å². The number of anilines is 1. The largest absolute Gasteiger partial charge is 0.368 e. The summed E-state index contributed by atoms with van der Waals surface area (Å²) in [5.74, 6) is 0.196. The van der Waals surface area contributed by atoms with Crippen LogP contribution < -0.4 is 11.3 Å². The number of fused-ring (bicyclic) bond motifs is 1. The monoisotopic (exact) mass is 285 g/mol. The van der Waals surface area contributed by atoms with Crippen LogP contribution in [0.2, 0.25) is 0 Å². The number of hydrogen-bond acceptors (Lipinski definition) is 6. The highest BCUT2D eigenvalue weighted by Gasteiger charge is 2.09. The van der Waals surface area contributed by atoms with Crippen LogP contribution in [0.1, 0.15) is 5.69 Å². The number of aromatic nitrogens is 4. The van der Waals surface area contributed by atoms with Gasteiger partial charge in [0.1, 0.15) is 5.03 Å². The average Bonchev–Trinajstić information content (AvgIpc) is 2.37. The standard InChI is InChI=1S/C13H11N5OS/c1-7-6-10(19)17-13(15-7)20-11-8-4-2-3-5-9(8)16-12(14)18-11/h2-6H,1H3,(H2,14,16,18)(H,15,17,19). The normalized spacial score (nSPS) is 10.8. The van der Waals surface area contributed by atoms with Crippen molar-refractivity contribution < 1.29 is 0 Å². The molecule has 2 heterocycles. The number of nitrogens with zero attached hydrogens (tertiary/aromatic N) is 3.